The van der Waals surface area contributed by atoms with Crippen molar-refractivity contribution in [1.29, 1.82) is 0 Å². The van der Waals surface area contributed by atoms with Gasteiger partial charge in [0.1, 0.15) is 11.5 Å². The molecule has 0 saturated heterocycles. The van der Waals surface area contributed by atoms with Crippen LogP contribution in [0.2, 0.25) is 0 Å². The van der Waals surface area contributed by atoms with Crippen LogP contribution >= 0.6 is 15.9 Å². The van der Waals surface area contributed by atoms with E-state index < -0.39 is 0 Å². The average molecular weight is 484 g/mol. The van der Waals surface area contributed by atoms with Crippen LogP contribution in [0.25, 0.3) is 0 Å². The zero-order valence-electron chi connectivity index (χ0n) is 19.1. The van der Waals surface area contributed by atoms with E-state index >= 15 is 0 Å². The monoisotopic (exact) mass is 483 g/mol. The minimum atomic E-state index is -0.191. The lowest BCUT2D eigenvalue weighted by Crippen LogP contribution is -2.25. The molecule has 0 unspecified atom stereocenters. The second kappa shape index (κ2) is 9.73. The highest BCUT2D eigenvalue weighted by molar-refractivity contribution is 9.10. The maximum atomic E-state index is 12.5. The number of hydrogen-bond donors (Lipinski definition) is 1. The second-order valence-electron chi connectivity index (χ2n) is 8.02. The first kappa shape index (κ1) is 23.1. The van der Waals surface area contributed by atoms with Gasteiger partial charge in [0.2, 0.25) is 0 Å². The summed E-state index contributed by atoms with van der Waals surface area (Å²) in [6.07, 6.45) is 1.41. The number of benzene rings is 2. The molecule has 0 aliphatic rings. The van der Waals surface area contributed by atoms with Crippen LogP contribution in [0.15, 0.2) is 39.2 Å². The standard InChI is InChI=1S/C26H30BrNO3/c1-15-16(2)18(4)22(19(5)17(15)3)14-21-8-10-25(31-21)26(29)28-12-11-20-7-9-24(30-6)23(27)13-20/h7-10,13H,11-12,14H2,1-6H3,(H,28,29). The number of rotatable bonds is 7. The Morgan fingerprint density at radius 1 is 0.968 bits per heavy atom. The Bertz CT molecular complexity index is 1090. The van der Waals surface area contributed by atoms with E-state index in [1.54, 1.807) is 13.2 Å². The number of hydrogen-bond acceptors (Lipinski definition) is 3. The molecule has 2 aromatic carbocycles. The predicted octanol–water partition coefficient (Wildman–Crippen LogP) is 6.16. The van der Waals surface area contributed by atoms with Crippen LogP contribution in [0.3, 0.4) is 0 Å². The van der Waals surface area contributed by atoms with E-state index in [4.69, 9.17) is 9.15 Å². The molecular weight excluding hydrogens is 454 g/mol. The molecule has 1 N–H and O–H groups in total. The molecule has 5 heteroatoms. The number of carbonyl (C=O) groups is 1. The summed E-state index contributed by atoms with van der Waals surface area (Å²) in [6.45, 7) is 11.4. The summed E-state index contributed by atoms with van der Waals surface area (Å²) in [5.41, 5.74) is 9.00. The molecule has 0 saturated carbocycles. The van der Waals surface area contributed by atoms with Gasteiger partial charge in [-0.3, -0.25) is 4.79 Å². The van der Waals surface area contributed by atoms with E-state index in [0.717, 1.165) is 28.0 Å². The first-order valence-electron chi connectivity index (χ1n) is 10.5. The lowest BCUT2D eigenvalue weighted by Gasteiger charge is -2.18. The summed E-state index contributed by atoms with van der Waals surface area (Å²) in [6, 6.07) is 9.58. The third-order valence-corrected chi connectivity index (χ3v) is 6.93. The van der Waals surface area contributed by atoms with Crippen molar-refractivity contribution in [2.75, 3.05) is 13.7 Å². The van der Waals surface area contributed by atoms with Gasteiger partial charge in [0.05, 0.1) is 11.6 Å². The van der Waals surface area contributed by atoms with Crippen molar-refractivity contribution in [2.45, 2.75) is 47.5 Å². The molecule has 0 spiro atoms. The topological polar surface area (TPSA) is 51.5 Å². The highest BCUT2D eigenvalue weighted by atomic mass is 79.9. The van der Waals surface area contributed by atoms with Crippen LogP contribution in [0.1, 0.15) is 55.3 Å². The fraction of sp³-hybridized carbons (Fsp3) is 0.346. The number of halogens is 1. The van der Waals surface area contributed by atoms with E-state index in [-0.39, 0.29) is 5.91 Å². The van der Waals surface area contributed by atoms with Gasteiger partial charge in [-0.15, -0.1) is 0 Å². The van der Waals surface area contributed by atoms with Crippen LogP contribution in [0.4, 0.5) is 0 Å². The Morgan fingerprint density at radius 3 is 2.23 bits per heavy atom. The van der Waals surface area contributed by atoms with Crippen LogP contribution in [-0.4, -0.2) is 19.6 Å². The zero-order chi connectivity index (χ0) is 22.7. The van der Waals surface area contributed by atoms with E-state index in [0.29, 0.717) is 18.7 Å². The normalized spacial score (nSPS) is 10.9. The largest absolute Gasteiger partial charge is 0.496 e. The van der Waals surface area contributed by atoms with E-state index in [1.165, 1.54) is 33.4 Å². The Morgan fingerprint density at radius 2 is 1.61 bits per heavy atom. The first-order chi connectivity index (χ1) is 14.7. The van der Waals surface area contributed by atoms with Crippen LogP contribution in [0, 0.1) is 34.6 Å². The molecule has 0 fully saturated rings. The summed E-state index contributed by atoms with van der Waals surface area (Å²) in [5.74, 6) is 1.75. The Labute approximate surface area is 193 Å². The highest BCUT2D eigenvalue weighted by Crippen LogP contribution is 2.28. The SMILES string of the molecule is COc1ccc(CCNC(=O)c2ccc(Cc3c(C)c(C)c(C)c(C)c3C)o2)cc1Br. The van der Waals surface area contributed by atoms with Crippen molar-refractivity contribution in [3.63, 3.8) is 0 Å². The summed E-state index contributed by atoms with van der Waals surface area (Å²) in [4.78, 5) is 12.5. The molecular formula is C26H30BrNO3. The molecule has 0 radical (unpaired) electrons. The van der Waals surface area contributed by atoms with Crippen molar-refractivity contribution >= 4 is 21.8 Å². The smallest absolute Gasteiger partial charge is 0.287 e. The number of amides is 1. The fourth-order valence-corrected chi connectivity index (χ4v) is 4.47. The number of ether oxygens (including phenoxy) is 1. The minimum Gasteiger partial charge on any atom is -0.496 e. The second-order valence-corrected chi connectivity index (χ2v) is 8.88. The third kappa shape index (κ3) is 5.04. The van der Waals surface area contributed by atoms with Gasteiger partial charge in [-0.25, -0.2) is 0 Å². The van der Waals surface area contributed by atoms with E-state index in [1.807, 2.05) is 24.3 Å². The van der Waals surface area contributed by atoms with Crippen LogP contribution in [-0.2, 0) is 12.8 Å². The molecule has 0 atom stereocenters. The Balaban J connectivity index is 1.63. The molecule has 1 heterocycles. The summed E-state index contributed by atoms with van der Waals surface area (Å²) < 4.78 is 12.0. The lowest BCUT2D eigenvalue weighted by atomic mass is 9.88. The Hall–Kier alpha value is -2.53. The molecule has 164 valence electrons. The first-order valence-corrected chi connectivity index (χ1v) is 11.3. The highest BCUT2D eigenvalue weighted by Gasteiger charge is 2.16. The predicted molar refractivity (Wildman–Crippen MR) is 128 cm³/mol. The quantitative estimate of drug-likeness (QED) is 0.437. The van der Waals surface area contributed by atoms with Crippen LogP contribution in [0.5, 0.6) is 5.75 Å². The van der Waals surface area contributed by atoms with Gasteiger partial charge in [0.25, 0.3) is 5.91 Å². The van der Waals surface area contributed by atoms with E-state index in [9.17, 15) is 4.79 Å². The molecule has 1 amide bonds. The maximum Gasteiger partial charge on any atom is 0.287 e. The minimum absolute atomic E-state index is 0.191. The number of nitrogens with one attached hydrogen (secondary N) is 1. The molecule has 3 rings (SSSR count). The molecule has 0 bridgehead atoms. The van der Waals surface area contributed by atoms with Gasteiger partial charge in [-0.2, -0.15) is 0 Å². The third-order valence-electron chi connectivity index (χ3n) is 6.31. The van der Waals surface area contributed by atoms with Crippen molar-refractivity contribution in [3.8, 4) is 5.75 Å². The van der Waals surface area contributed by atoms with Gasteiger partial charge >= 0.3 is 0 Å². The van der Waals surface area contributed by atoms with Crippen molar-refractivity contribution < 1.29 is 13.9 Å². The molecule has 31 heavy (non-hydrogen) atoms. The number of furan rings is 1. The van der Waals surface area contributed by atoms with Gasteiger partial charge in [-0.1, -0.05) is 6.07 Å². The molecule has 1 aromatic heterocycles. The fourth-order valence-electron chi connectivity index (χ4n) is 3.88. The van der Waals surface area contributed by atoms with Crippen molar-refractivity contribution in [3.05, 3.63) is 85.3 Å². The summed E-state index contributed by atoms with van der Waals surface area (Å²) >= 11 is 3.49. The number of carbonyl (C=O) groups excluding carboxylic acids is 1. The average Bonchev–Trinajstić information content (AvgIpc) is 3.23. The summed E-state index contributed by atoms with van der Waals surface area (Å²) in [7, 11) is 1.64. The molecule has 4 nitrogen and oxygen atoms in total. The van der Waals surface area contributed by atoms with Crippen LogP contribution < -0.4 is 10.1 Å². The summed E-state index contributed by atoms with van der Waals surface area (Å²) in [5, 5.41) is 2.94. The van der Waals surface area contributed by atoms with Gasteiger partial charge in [0.15, 0.2) is 5.76 Å². The molecule has 0 aliphatic carbocycles. The van der Waals surface area contributed by atoms with Crippen molar-refractivity contribution in [2.24, 2.45) is 0 Å². The number of methoxy groups -OCH3 is 1. The van der Waals surface area contributed by atoms with E-state index in [2.05, 4.69) is 55.9 Å². The molecule has 3 aromatic rings. The van der Waals surface area contributed by atoms with Gasteiger partial charge < -0.3 is 14.5 Å². The molecule has 0 aliphatic heterocycles. The van der Waals surface area contributed by atoms with Crippen molar-refractivity contribution in [1.82, 2.24) is 5.32 Å². The Kier molecular flexibility index (Phi) is 7.26. The lowest BCUT2D eigenvalue weighted by molar-refractivity contribution is 0.0925. The van der Waals surface area contributed by atoms with Gasteiger partial charge in [0, 0.05) is 13.0 Å². The maximum absolute atomic E-state index is 12.5. The van der Waals surface area contributed by atoms with Gasteiger partial charge in [-0.05, 0) is 120 Å². The zero-order valence-corrected chi connectivity index (χ0v) is 20.7.